The Morgan fingerprint density at radius 3 is 2.52 bits per heavy atom. The fourth-order valence-electron chi connectivity index (χ4n) is 4.61. The molecule has 7 heteroatoms. The fourth-order valence-corrected chi connectivity index (χ4v) is 4.61. The van der Waals surface area contributed by atoms with Crippen LogP contribution in [0.2, 0.25) is 0 Å². The van der Waals surface area contributed by atoms with E-state index in [2.05, 4.69) is 22.3 Å². The topological polar surface area (TPSA) is 41.6 Å². The molecule has 166 valence electrons. The maximum Gasteiger partial charge on any atom is 0.416 e. The van der Waals surface area contributed by atoms with Gasteiger partial charge in [0, 0.05) is 26.1 Å². The molecule has 1 aliphatic heterocycles. The van der Waals surface area contributed by atoms with Crippen molar-refractivity contribution in [3.63, 3.8) is 0 Å². The van der Waals surface area contributed by atoms with Crippen LogP contribution in [0.3, 0.4) is 0 Å². The largest absolute Gasteiger partial charge is 0.416 e. The third kappa shape index (κ3) is 5.28. The SMILES string of the molecule is O=C(CC1CCc2ccccc21)NCC(c1ccc(C(F)(F)F)cc1)N1CCOCC1. The van der Waals surface area contributed by atoms with E-state index in [4.69, 9.17) is 4.74 Å². The second-order valence-electron chi connectivity index (χ2n) is 8.23. The van der Waals surface area contributed by atoms with Gasteiger partial charge in [-0.1, -0.05) is 36.4 Å². The summed E-state index contributed by atoms with van der Waals surface area (Å²) >= 11 is 0. The normalized spacial score (nSPS) is 20.3. The number of rotatable bonds is 6. The molecule has 0 bridgehead atoms. The average Bonchev–Trinajstić information content (AvgIpc) is 3.17. The summed E-state index contributed by atoms with van der Waals surface area (Å²) in [6.07, 6.45) is -1.97. The summed E-state index contributed by atoms with van der Waals surface area (Å²) in [5, 5.41) is 3.04. The molecule has 4 rings (SSSR count). The minimum absolute atomic E-state index is 0.0214. The van der Waals surface area contributed by atoms with E-state index in [1.54, 1.807) is 0 Å². The Balaban J connectivity index is 1.42. The summed E-state index contributed by atoms with van der Waals surface area (Å²) in [5.74, 6) is 0.205. The molecule has 2 unspecified atom stereocenters. The number of carbonyl (C=O) groups is 1. The van der Waals surface area contributed by atoms with E-state index in [0.29, 0.717) is 39.3 Å². The predicted octanol–water partition coefficient (Wildman–Crippen LogP) is 4.32. The van der Waals surface area contributed by atoms with Gasteiger partial charge in [0.25, 0.3) is 0 Å². The number of amides is 1. The second-order valence-corrected chi connectivity index (χ2v) is 8.23. The van der Waals surface area contributed by atoms with Gasteiger partial charge >= 0.3 is 6.18 Å². The lowest BCUT2D eigenvalue weighted by molar-refractivity contribution is -0.137. The number of carbonyl (C=O) groups excluding carboxylic acids is 1. The fraction of sp³-hybridized carbons (Fsp3) is 0.458. The number of nitrogens with one attached hydrogen (secondary N) is 1. The Hall–Kier alpha value is -2.38. The van der Waals surface area contributed by atoms with E-state index >= 15 is 0 Å². The number of benzene rings is 2. The van der Waals surface area contributed by atoms with Crippen LogP contribution < -0.4 is 5.32 Å². The summed E-state index contributed by atoms with van der Waals surface area (Å²) in [4.78, 5) is 14.9. The van der Waals surface area contributed by atoms with Crippen molar-refractivity contribution in [2.75, 3.05) is 32.8 Å². The number of alkyl halides is 3. The van der Waals surface area contributed by atoms with Gasteiger partial charge in [-0.3, -0.25) is 9.69 Å². The molecule has 1 heterocycles. The van der Waals surface area contributed by atoms with Gasteiger partial charge in [-0.15, -0.1) is 0 Å². The van der Waals surface area contributed by atoms with Gasteiger partial charge in [-0.2, -0.15) is 13.2 Å². The van der Waals surface area contributed by atoms with Crippen molar-refractivity contribution in [1.29, 1.82) is 0 Å². The monoisotopic (exact) mass is 432 g/mol. The molecule has 2 atom stereocenters. The molecule has 1 saturated heterocycles. The summed E-state index contributed by atoms with van der Waals surface area (Å²) in [6.45, 7) is 2.86. The van der Waals surface area contributed by atoms with Crippen LogP contribution in [-0.2, 0) is 22.1 Å². The van der Waals surface area contributed by atoms with Crippen molar-refractivity contribution in [2.45, 2.75) is 37.4 Å². The molecule has 1 amide bonds. The summed E-state index contributed by atoms with van der Waals surface area (Å²) in [6, 6.07) is 13.3. The zero-order valence-electron chi connectivity index (χ0n) is 17.3. The Labute approximate surface area is 180 Å². The van der Waals surface area contributed by atoms with Crippen LogP contribution in [-0.4, -0.2) is 43.7 Å². The number of hydrogen-bond acceptors (Lipinski definition) is 3. The van der Waals surface area contributed by atoms with E-state index in [9.17, 15) is 18.0 Å². The van der Waals surface area contributed by atoms with E-state index in [0.717, 1.165) is 30.5 Å². The zero-order valence-corrected chi connectivity index (χ0v) is 17.3. The first-order valence-corrected chi connectivity index (χ1v) is 10.8. The molecular weight excluding hydrogens is 405 g/mol. The van der Waals surface area contributed by atoms with Crippen LogP contribution in [0.25, 0.3) is 0 Å². The number of nitrogens with zero attached hydrogens (tertiary/aromatic N) is 1. The third-order valence-electron chi connectivity index (χ3n) is 6.29. The van der Waals surface area contributed by atoms with E-state index in [1.165, 1.54) is 23.3 Å². The number of fused-ring (bicyclic) bond motifs is 1. The van der Waals surface area contributed by atoms with Gasteiger partial charge in [0.2, 0.25) is 5.91 Å². The second kappa shape index (κ2) is 9.40. The Kier molecular flexibility index (Phi) is 6.62. The van der Waals surface area contributed by atoms with Crippen LogP contribution in [0, 0.1) is 0 Å². The smallest absolute Gasteiger partial charge is 0.379 e. The van der Waals surface area contributed by atoms with E-state index in [-0.39, 0.29) is 17.9 Å². The number of morpholine rings is 1. The molecule has 1 aliphatic carbocycles. The lowest BCUT2D eigenvalue weighted by Gasteiger charge is -2.35. The first-order valence-electron chi connectivity index (χ1n) is 10.8. The minimum Gasteiger partial charge on any atom is -0.379 e. The lowest BCUT2D eigenvalue weighted by Crippen LogP contribution is -2.44. The van der Waals surface area contributed by atoms with Crippen molar-refractivity contribution in [2.24, 2.45) is 0 Å². The molecule has 2 aromatic rings. The van der Waals surface area contributed by atoms with Gasteiger partial charge in [0.15, 0.2) is 0 Å². The average molecular weight is 432 g/mol. The highest BCUT2D eigenvalue weighted by Crippen LogP contribution is 2.35. The van der Waals surface area contributed by atoms with Crippen LogP contribution in [0.15, 0.2) is 48.5 Å². The van der Waals surface area contributed by atoms with E-state index < -0.39 is 11.7 Å². The van der Waals surface area contributed by atoms with Crippen LogP contribution in [0.1, 0.15) is 47.1 Å². The molecule has 0 saturated carbocycles. The zero-order chi connectivity index (χ0) is 21.8. The minimum atomic E-state index is -4.36. The molecule has 4 nitrogen and oxygen atoms in total. The van der Waals surface area contributed by atoms with Gasteiger partial charge in [-0.05, 0) is 47.6 Å². The number of halogens is 3. The van der Waals surface area contributed by atoms with E-state index in [1.807, 2.05) is 12.1 Å². The van der Waals surface area contributed by atoms with Crippen LogP contribution >= 0.6 is 0 Å². The molecule has 2 aliphatic rings. The molecule has 1 N–H and O–H groups in total. The molecule has 0 radical (unpaired) electrons. The Morgan fingerprint density at radius 2 is 1.81 bits per heavy atom. The van der Waals surface area contributed by atoms with Crippen LogP contribution in [0.4, 0.5) is 13.2 Å². The maximum absolute atomic E-state index is 12.9. The summed E-state index contributed by atoms with van der Waals surface area (Å²) < 4.78 is 44.3. The van der Waals surface area contributed by atoms with Gasteiger partial charge in [0.1, 0.15) is 0 Å². The highest BCUT2D eigenvalue weighted by atomic mass is 19.4. The van der Waals surface area contributed by atoms with Crippen LogP contribution in [0.5, 0.6) is 0 Å². The predicted molar refractivity (Wildman–Crippen MR) is 112 cm³/mol. The molecule has 2 aromatic carbocycles. The number of ether oxygens (including phenoxy) is 1. The lowest BCUT2D eigenvalue weighted by atomic mass is 9.97. The first kappa shape index (κ1) is 21.8. The summed E-state index contributed by atoms with van der Waals surface area (Å²) in [7, 11) is 0. The molecular formula is C24H27F3N2O2. The maximum atomic E-state index is 12.9. The van der Waals surface area contributed by atoms with Gasteiger partial charge in [-0.25, -0.2) is 0 Å². The van der Waals surface area contributed by atoms with Gasteiger partial charge in [0.05, 0.1) is 24.8 Å². The Morgan fingerprint density at radius 1 is 1.10 bits per heavy atom. The molecule has 31 heavy (non-hydrogen) atoms. The van der Waals surface area contributed by atoms with Crippen molar-refractivity contribution < 1.29 is 22.7 Å². The van der Waals surface area contributed by atoms with Gasteiger partial charge < -0.3 is 10.1 Å². The quantitative estimate of drug-likeness (QED) is 0.740. The molecule has 1 fully saturated rings. The van der Waals surface area contributed by atoms with Crippen molar-refractivity contribution in [3.05, 3.63) is 70.8 Å². The summed E-state index contributed by atoms with van der Waals surface area (Å²) in [5.41, 5.74) is 2.67. The molecule has 0 spiro atoms. The van der Waals surface area contributed by atoms with Crippen molar-refractivity contribution in [3.8, 4) is 0 Å². The standard InChI is InChI=1S/C24H27F3N2O2/c25-24(26,27)20-9-7-18(8-10-20)22(29-11-13-31-14-12-29)16-28-23(30)15-19-6-5-17-3-1-2-4-21(17)19/h1-4,7-10,19,22H,5-6,11-16H2,(H,28,30). The van der Waals surface area contributed by atoms with Crippen molar-refractivity contribution in [1.82, 2.24) is 10.2 Å². The Bertz CT molecular complexity index is 892. The molecule has 0 aromatic heterocycles. The third-order valence-corrected chi connectivity index (χ3v) is 6.29. The highest BCUT2D eigenvalue weighted by Gasteiger charge is 2.31. The van der Waals surface area contributed by atoms with Crippen molar-refractivity contribution >= 4 is 5.91 Å². The number of hydrogen-bond donors (Lipinski definition) is 1. The highest BCUT2D eigenvalue weighted by molar-refractivity contribution is 5.77. The number of aryl methyl sites for hydroxylation is 1. The first-order chi connectivity index (χ1) is 14.9.